The first-order valence-electron chi connectivity index (χ1n) is 10.2. The molecule has 0 amide bonds. The highest BCUT2D eigenvalue weighted by Gasteiger charge is 2.44. The summed E-state index contributed by atoms with van der Waals surface area (Å²) in [6, 6.07) is 12.0. The molecule has 1 aliphatic rings. The number of Topliss-reactive ketones (excluding diaryl/α,β-unsaturated/α-hetero) is 1. The molecule has 0 radical (unpaired) electrons. The summed E-state index contributed by atoms with van der Waals surface area (Å²) in [6.45, 7) is 11.5. The van der Waals surface area contributed by atoms with Gasteiger partial charge in [-0.2, -0.15) is 0 Å². The van der Waals surface area contributed by atoms with Gasteiger partial charge in [0.15, 0.2) is 11.4 Å². The first-order chi connectivity index (χ1) is 13.6. The molecule has 0 aliphatic heterocycles. The van der Waals surface area contributed by atoms with Crippen LogP contribution in [0.1, 0.15) is 65.7 Å². The number of hydrogen-bond acceptors (Lipinski definition) is 4. The number of hydrogen-bond donors (Lipinski definition) is 0. The lowest BCUT2D eigenvalue weighted by atomic mass is 9.98. The van der Waals surface area contributed by atoms with Crippen LogP contribution >= 0.6 is 0 Å². The fourth-order valence-corrected chi connectivity index (χ4v) is 3.75. The molecule has 0 N–H and O–H groups in total. The summed E-state index contributed by atoms with van der Waals surface area (Å²) in [5.74, 6) is 0.823. The molecule has 0 bridgehead atoms. The van der Waals surface area contributed by atoms with Gasteiger partial charge in [0.1, 0.15) is 5.75 Å². The van der Waals surface area contributed by atoms with E-state index < -0.39 is 5.60 Å². The van der Waals surface area contributed by atoms with Gasteiger partial charge in [-0.3, -0.25) is 4.79 Å². The summed E-state index contributed by atoms with van der Waals surface area (Å²) in [5.41, 5.74) is 3.97. The lowest BCUT2D eigenvalue weighted by molar-refractivity contribution is -0.158. The van der Waals surface area contributed by atoms with Crippen LogP contribution in [0.15, 0.2) is 36.4 Å². The van der Waals surface area contributed by atoms with Gasteiger partial charge in [0, 0.05) is 11.5 Å². The van der Waals surface area contributed by atoms with Crippen LogP contribution in [0.3, 0.4) is 0 Å². The zero-order valence-corrected chi connectivity index (χ0v) is 18.2. The number of aryl methyl sites for hydroxylation is 3. The van der Waals surface area contributed by atoms with Crippen molar-refractivity contribution in [2.45, 2.75) is 59.5 Å². The zero-order chi connectivity index (χ0) is 21.3. The SMILES string of the molecule is CCOC(=O)C(C)(C)Oc1c(C)cc(C2CC2C(=O)c2ccc(C)cc2)cc1C. The molecule has 0 heterocycles. The summed E-state index contributed by atoms with van der Waals surface area (Å²) < 4.78 is 11.2. The summed E-state index contributed by atoms with van der Waals surface area (Å²) in [6.07, 6.45) is 0.875. The highest BCUT2D eigenvalue weighted by Crippen LogP contribution is 2.50. The van der Waals surface area contributed by atoms with Crippen molar-refractivity contribution in [2.24, 2.45) is 5.92 Å². The number of carbonyl (C=O) groups is 2. The minimum atomic E-state index is -1.06. The molecule has 0 aromatic heterocycles. The van der Waals surface area contributed by atoms with Gasteiger partial charge in [-0.25, -0.2) is 4.79 Å². The normalized spacial score (nSPS) is 18.3. The second kappa shape index (κ2) is 8.02. The van der Waals surface area contributed by atoms with Gasteiger partial charge in [0.25, 0.3) is 0 Å². The maximum absolute atomic E-state index is 12.8. The smallest absolute Gasteiger partial charge is 0.349 e. The van der Waals surface area contributed by atoms with E-state index in [-0.39, 0.29) is 23.6 Å². The van der Waals surface area contributed by atoms with E-state index >= 15 is 0 Å². The predicted molar refractivity (Wildman–Crippen MR) is 114 cm³/mol. The molecule has 4 heteroatoms. The van der Waals surface area contributed by atoms with Gasteiger partial charge in [-0.15, -0.1) is 0 Å². The standard InChI is InChI=1S/C25H30O4/c1-7-28-24(27)25(5,6)29-23-16(3)12-19(13-17(23)4)20-14-21(20)22(26)18-10-8-15(2)9-11-18/h8-13,20-21H,7,14H2,1-6H3. The molecule has 2 aromatic carbocycles. The summed E-state index contributed by atoms with van der Waals surface area (Å²) in [4.78, 5) is 25.0. The van der Waals surface area contributed by atoms with E-state index in [1.807, 2.05) is 45.0 Å². The Labute approximate surface area is 173 Å². The molecule has 29 heavy (non-hydrogen) atoms. The third-order valence-electron chi connectivity index (χ3n) is 5.50. The Morgan fingerprint density at radius 3 is 2.17 bits per heavy atom. The van der Waals surface area contributed by atoms with Crippen molar-refractivity contribution in [2.75, 3.05) is 6.61 Å². The summed E-state index contributed by atoms with van der Waals surface area (Å²) >= 11 is 0. The van der Waals surface area contributed by atoms with Crippen LogP contribution in [0.2, 0.25) is 0 Å². The van der Waals surface area contributed by atoms with Crippen molar-refractivity contribution >= 4 is 11.8 Å². The summed E-state index contributed by atoms with van der Waals surface area (Å²) in [5, 5.41) is 0. The second-order valence-corrected chi connectivity index (χ2v) is 8.50. The molecule has 4 nitrogen and oxygen atoms in total. The highest BCUT2D eigenvalue weighted by atomic mass is 16.6. The Kier molecular flexibility index (Phi) is 5.83. The molecule has 0 spiro atoms. The van der Waals surface area contributed by atoms with Crippen molar-refractivity contribution in [1.29, 1.82) is 0 Å². The topological polar surface area (TPSA) is 52.6 Å². The van der Waals surface area contributed by atoms with Crippen molar-refractivity contribution in [3.05, 3.63) is 64.2 Å². The van der Waals surface area contributed by atoms with Gasteiger partial charge >= 0.3 is 5.97 Å². The zero-order valence-electron chi connectivity index (χ0n) is 18.2. The largest absolute Gasteiger partial charge is 0.476 e. The number of carbonyl (C=O) groups excluding carboxylic acids is 2. The van der Waals surface area contributed by atoms with Gasteiger partial charge in [-0.1, -0.05) is 42.0 Å². The lowest BCUT2D eigenvalue weighted by Gasteiger charge is -2.26. The molecule has 0 saturated heterocycles. The molecule has 3 rings (SSSR count). The number of ether oxygens (including phenoxy) is 2. The Hall–Kier alpha value is -2.62. The Morgan fingerprint density at radius 1 is 1.03 bits per heavy atom. The number of esters is 1. The highest BCUT2D eigenvalue weighted by molar-refractivity contribution is 6.00. The number of benzene rings is 2. The van der Waals surface area contributed by atoms with E-state index in [1.165, 1.54) is 0 Å². The third-order valence-corrected chi connectivity index (χ3v) is 5.50. The molecule has 1 saturated carbocycles. The van der Waals surface area contributed by atoms with Crippen molar-refractivity contribution in [3.63, 3.8) is 0 Å². The fourth-order valence-electron chi connectivity index (χ4n) is 3.75. The van der Waals surface area contributed by atoms with Crippen LogP contribution in [0.4, 0.5) is 0 Å². The fraction of sp³-hybridized carbons (Fsp3) is 0.440. The molecule has 154 valence electrons. The van der Waals surface area contributed by atoms with E-state index in [0.29, 0.717) is 12.4 Å². The van der Waals surface area contributed by atoms with Crippen LogP contribution in [0.5, 0.6) is 5.75 Å². The minimum Gasteiger partial charge on any atom is -0.476 e. The molecule has 2 unspecified atom stereocenters. The molecular formula is C25H30O4. The Balaban J connectivity index is 1.76. The van der Waals surface area contributed by atoms with E-state index in [9.17, 15) is 9.59 Å². The molecule has 1 aliphatic carbocycles. The maximum Gasteiger partial charge on any atom is 0.349 e. The average Bonchev–Trinajstić information content (AvgIpc) is 3.45. The first-order valence-corrected chi connectivity index (χ1v) is 10.2. The van der Waals surface area contributed by atoms with Crippen molar-refractivity contribution < 1.29 is 19.1 Å². The van der Waals surface area contributed by atoms with Gasteiger partial charge < -0.3 is 9.47 Å². The minimum absolute atomic E-state index is 0.0410. The van der Waals surface area contributed by atoms with Gasteiger partial charge in [-0.05, 0) is 70.6 Å². The Morgan fingerprint density at radius 2 is 1.62 bits per heavy atom. The molecular weight excluding hydrogens is 364 g/mol. The maximum atomic E-state index is 12.8. The van der Waals surface area contributed by atoms with Crippen LogP contribution < -0.4 is 4.74 Å². The Bertz CT molecular complexity index is 901. The summed E-state index contributed by atoms with van der Waals surface area (Å²) in [7, 11) is 0. The van der Waals surface area contributed by atoms with Gasteiger partial charge in [0.2, 0.25) is 0 Å². The third kappa shape index (κ3) is 4.52. The van der Waals surface area contributed by atoms with Crippen LogP contribution in [-0.4, -0.2) is 24.0 Å². The van der Waals surface area contributed by atoms with Crippen LogP contribution in [0.25, 0.3) is 0 Å². The second-order valence-electron chi connectivity index (χ2n) is 8.50. The van der Waals surface area contributed by atoms with Crippen molar-refractivity contribution in [1.82, 2.24) is 0 Å². The van der Waals surface area contributed by atoms with Crippen LogP contribution in [-0.2, 0) is 9.53 Å². The van der Waals surface area contributed by atoms with E-state index in [4.69, 9.17) is 9.47 Å². The molecule has 2 aromatic rings. The number of ketones is 1. The van der Waals surface area contributed by atoms with E-state index in [0.717, 1.165) is 34.2 Å². The van der Waals surface area contributed by atoms with Crippen LogP contribution in [0, 0.1) is 26.7 Å². The molecule has 2 atom stereocenters. The predicted octanol–water partition coefficient (Wildman–Crippen LogP) is 5.32. The number of rotatable bonds is 7. The van der Waals surface area contributed by atoms with E-state index in [2.05, 4.69) is 12.1 Å². The van der Waals surface area contributed by atoms with Crippen molar-refractivity contribution in [3.8, 4) is 5.75 Å². The lowest BCUT2D eigenvalue weighted by Crippen LogP contribution is -2.40. The molecule has 1 fully saturated rings. The van der Waals surface area contributed by atoms with E-state index in [1.54, 1.807) is 20.8 Å². The monoisotopic (exact) mass is 394 g/mol. The average molecular weight is 395 g/mol. The first kappa shape index (κ1) is 21.1. The van der Waals surface area contributed by atoms with Gasteiger partial charge in [0.05, 0.1) is 6.61 Å². The quantitative estimate of drug-likeness (QED) is 0.471.